The summed E-state index contributed by atoms with van der Waals surface area (Å²) in [5.41, 5.74) is 0. The van der Waals surface area contributed by atoms with E-state index in [0.29, 0.717) is 12.0 Å². The second kappa shape index (κ2) is 5.85. The van der Waals surface area contributed by atoms with Crippen LogP contribution in [0.1, 0.15) is 32.6 Å². The molecule has 0 unspecified atom stereocenters. The van der Waals surface area contributed by atoms with E-state index in [0.717, 1.165) is 12.8 Å². The molecule has 2 heterocycles. The number of hydrogen-bond donors (Lipinski definition) is 0. The van der Waals surface area contributed by atoms with Gasteiger partial charge in [-0.2, -0.15) is 0 Å². The zero-order valence-corrected chi connectivity index (χ0v) is 13.5. The molecule has 0 aromatic carbocycles. The average Bonchev–Trinajstić information content (AvgIpc) is 3.48. The van der Waals surface area contributed by atoms with E-state index >= 15 is 0 Å². The van der Waals surface area contributed by atoms with Crippen LogP contribution in [-0.2, 0) is 11.3 Å². The predicted molar refractivity (Wildman–Crippen MR) is 83.8 cm³/mol. The standard InChI is InChI=1S/C16H19N5O3/c1-10(11-3-4-11)21(12-5-6-12)13(22)9-20-15(19-24-16(20)23)14-17-7-2-8-18-14/h2,7-8,10-12H,3-6,9H2,1H3/t10-/m0/s1. The summed E-state index contributed by atoms with van der Waals surface area (Å²) in [6, 6.07) is 2.20. The van der Waals surface area contributed by atoms with Crippen LogP contribution in [0.3, 0.4) is 0 Å². The molecular weight excluding hydrogens is 310 g/mol. The lowest BCUT2D eigenvalue weighted by atomic mass is 10.1. The highest BCUT2D eigenvalue weighted by Gasteiger charge is 2.41. The smallest absolute Gasteiger partial charge is 0.335 e. The highest BCUT2D eigenvalue weighted by molar-refractivity contribution is 5.77. The molecule has 1 amide bonds. The molecule has 126 valence electrons. The largest absolute Gasteiger partial charge is 0.442 e. The predicted octanol–water partition coefficient (Wildman–Crippen LogP) is 1.08. The van der Waals surface area contributed by atoms with Crippen LogP contribution in [0.15, 0.2) is 27.8 Å². The minimum atomic E-state index is -0.666. The Morgan fingerprint density at radius 3 is 2.67 bits per heavy atom. The maximum atomic E-state index is 12.9. The maximum absolute atomic E-state index is 12.9. The van der Waals surface area contributed by atoms with Crippen LogP contribution in [0.4, 0.5) is 0 Å². The van der Waals surface area contributed by atoms with Gasteiger partial charge in [0.25, 0.3) is 0 Å². The Morgan fingerprint density at radius 1 is 1.33 bits per heavy atom. The van der Waals surface area contributed by atoms with Crippen LogP contribution in [0, 0.1) is 5.92 Å². The van der Waals surface area contributed by atoms with E-state index in [2.05, 4.69) is 22.0 Å². The van der Waals surface area contributed by atoms with Gasteiger partial charge in [-0.1, -0.05) is 5.16 Å². The first-order valence-corrected chi connectivity index (χ1v) is 8.30. The van der Waals surface area contributed by atoms with Gasteiger partial charge in [0.05, 0.1) is 0 Å². The molecule has 0 aliphatic heterocycles. The van der Waals surface area contributed by atoms with Crippen molar-refractivity contribution in [1.82, 2.24) is 24.6 Å². The molecule has 0 spiro atoms. The molecule has 0 N–H and O–H groups in total. The van der Waals surface area contributed by atoms with Crippen molar-refractivity contribution in [1.29, 1.82) is 0 Å². The third-order valence-electron chi connectivity index (χ3n) is 4.72. The Labute approximate surface area is 138 Å². The topological polar surface area (TPSA) is 94.1 Å². The number of hydrogen-bond acceptors (Lipinski definition) is 6. The molecule has 0 radical (unpaired) electrons. The van der Waals surface area contributed by atoms with Crippen LogP contribution >= 0.6 is 0 Å². The van der Waals surface area contributed by atoms with Crippen molar-refractivity contribution in [3.63, 3.8) is 0 Å². The van der Waals surface area contributed by atoms with Crippen molar-refractivity contribution >= 4 is 5.91 Å². The van der Waals surface area contributed by atoms with Crippen molar-refractivity contribution < 1.29 is 9.32 Å². The average molecular weight is 329 g/mol. The number of nitrogens with zero attached hydrogens (tertiary/aromatic N) is 5. The molecule has 1 atom stereocenters. The second-order valence-corrected chi connectivity index (χ2v) is 6.54. The summed E-state index contributed by atoms with van der Waals surface area (Å²) in [4.78, 5) is 34.9. The zero-order valence-electron chi connectivity index (χ0n) is 13.5. The summed E-state index contributed by atoms with van der Waals surface area (Å²) in [5, 5.41) is 3.73. The van der Waals surface area contributed by atoms with Gasteiger partial charge in [0.2, 0.25) is 11.7 Å². The molecule has 8 heteroatoms. The third kappa shape index (κ3) is 2.83. The Balaban J connectivity index is 1.59. The summed E-state index contributed by atoms with van der Waals surface area (Å²) in [6.45, 7) is 2.01. The van der Waals surface area contributed by atoms with Gasteiger partial charge < -0.3 is 4.90 Å². The number of rotatable bonds is 6. The van der Waals surface area contributed by atoms with Gasteiger partial charge in [0, 0.05) is 24.5 Å². The summed E-state index contributed by atoms with van der Waals surface area (Å²) in [7, 11) is 0. The molecule has 0 saturated heterocycles. The van der Waals surface area contributed by atoms with Gasteiger partial charge >= 0.3 is 5.76 Å². The van der Waals surface area contributed by atoms with Crippen molar-refractivity contribution in [2.75, 3.05) is 0 Å². The first-order chi connectivity index (χ1) is 11.6. The molecule has 24 heavy (non-hydrogen) atoms. The fourth-order valence-corrected chi connectivity index (χ4v) is 3.12. The first kappa shape index (κ1) is 15.0. The van der Waals surface area contributed by atoms with E-state index in [-0.39, 0.29) is 30.1 Å². The second-order valence-electron chi connectivity index (χ2n) is 6.54. The number of aromatic nitrogens is 4. The Morgan fingerprint density at radius 2 is 2.04 bits per heavy atom. The van der Waals surface area contributed by atoms with E-state index in [1.807, 2.05) is 4.90 Å². The molecule has 4 rings (SSSR count). The van der Waals surface area contributed by atoms with Gasteiger partial charge in [-0.15, -0.1) is 0 Å². The van der Waals surface area contributed by atoms with E-state index in [9.17, 15) is 9.59 Å². The SMILES string of the molecule is C[C@@H](C1CC1)N(C(=O)Cn1c(-c2ncccn2)noc1=O)C1CC1. The molecule has 2 saturated carbocycles. The van der Waals surface area contributed by atoms with E-state index in [4.69, 9.17) is 4.52 Å². The fraction of sp³-hybridized carbons (Fsp3) is 0.562. The normalized spacial score (nSPS) is 18.4. The molecule has 8 nitrogen and oxygen atoms in total. The Bertz CT molecular complexity index is 792. The molecule has 2 aromatic heterocycles. The van der Waals surface area contributed by atoms with Gasteiger partial charge in [-0.3, -0.25) is 9.32 Å². The highest BCUT2D eigenvalue weighted by Crippen LogP contribution is 2.39. The van der Waals surface area contributed by atoms with Gasteiger partial charge in [-0.25, -0.2) is 19.3 Å². The summed E-state index contributed by atoms with van der Waals surface area (Å²) in [6.07, 6.45) is 7.53. The minimum Gasteiger partial charge on any atom is -0.335 e. The van der Waals surface area contributed by atoms with E-state index in [1.54, 1.807) is 18.5 Å². The summed E-state index contributed by atoms with van der Waals surface area (Å²) in [5.74, 6) is 0.304. The van der Waals surface area contributed by atoms with E-state index < -0.39 is 5.76 Å². The number of amides is 1. The van der Waals surface area contributed by atoms with Crippen molar-refractivity contribution in [2.45, 2.75) is 51.2 Å². The monoisotopic (exact) mass is 329 g/mol. The Kier molecular flexibility index (Phi) is 3.66. The van der Waals surface area contributed by atoms with E-state index in [1.165, 1.54) is 17.4 Å². The first-order valence-electron chi connectivity index (χ1n) is 8.30. The van der Waals surface area contributed by atoms with Crippen LogP contribution < -0.4 is 5.76 Å². The fourth-order valence-electron chi connectivity index (χ4n) is 3.12. The van der Waals surface area contributed by atoms with Crippen LogP contribution in [0.5, 0.6) is 0 Å². The van der Waals surface area contributed by atoms with Crippen molar-refractivity contribution in [3.05, 3.63) is 29.0 Å². The number of carbonyl (C=O) groups is 1. The Hall–Kier alpha value is -2.51. The zero-order chi connectivity index (χ0) is 16.7. The van der Waals surface area contributed by atoms with Gasteiger partial charge in [0.15, 0.2) is 5.82 Å². The van der Waals surface area contributed by atoms with Crippen LogP contribution in [0.25, 0.3) is 11.6 Å². The molecule has 0 bridgehead atoms. The quantitative estimate of drug-likeness (QED) is 0.787. The molecule has 2 aliphatic rings. The van der Waals surface area contributed by atoms with Crippen molar-refractivity contribution in [3.8, 4) is 11.6 Å². The lowest BCUT2D eigenvalue weighted by molar-refractivity contribution is -0.135. The third-order valence-corrected chi connectivity index (χ3v) is 4.72. The van der Waals surface area contributed by atoms with Crippen LogP contribution in [-0.4, -0.2) is 42.6 Å². The molecule has 2 fully saturated rings. The highest BCUT2D eigenvalue weighted by atomic mass is 16.5. The minimum absolute atomic E-state index is 0.0700. The molecule has 2 aromatic rings. The lowest BCUT2D eigenvalue weighted by Gasteiger charge is -2.29. The molecular formula is C16H19N5O3. The lowest BCUT2D eigenvalue weighted by Crippen LogP contribution is -2.44. The maximum Gasteiger partial charge on any atom is 0.442 e. The summed E-state index contributed by atoms with van der Waals surface area (Å²) < 4.78 is 5.95. The summed E-state index contributed by atoms with van der Waals surface area (Å²) >= 11 is 0. The van der Waals surface area contributed by atoms with Crippen molar-refractivity contribution in [2.24, 2.45) is 5.92 Å². The number of carbonyl (C=O) groups excluding carboxylic acids is 1. The molecule has 2 aliphatic carbocycles. The van der Waals surface area contributed by atoms with Crippen LogP contribution in [0.2, 0.25) is 0 Å². The van der Waals surface area contributed by atoms with Gasteiger partial charge in [0.1, 0.15) is 6.54 Å². The van der Waals surface area contributed by atoms with Gasteiger partial charge in [-0.05, 0) is 44.6 Å².